The number of para-hydroxylation sites is 1. The quantitative estimate of drug-likeness (QED) is 0.731. The lowest BCUT2D eigenvalue weighted by Crippen LogP contribution is -2.28. The molecular formula is C17H17NOS. The summed E-state index contributed by atoms with van der Waals surface area (Å²) in [7, 11) is 0. The molecule has 0 atom stereocenters. The molecule has 20 heavy (non-hydrogen) atoms. The lowest BCUT2D eigenvalue weighted by atomic mass is 10.1. The van der Waals surface area contributed by atoms with Gasteiger partial charge in [0, 0.05) is 21.4 Å². The summed E-state index contributed by atoms with van der Waals surface area (Å²) in [6.07, 6.45) is 0. The molecule has 1 heterocycles. The molecule has 0 aliphatic carbocycles. The molecule has 1 aliphatic heterocycles. The van der Waals surface area contributed by atoms with Gasteiger partial charge in [-0.15, -0.1) is 0 Å². The summed E-state index contributed by atoms with van der Waals surface area (Å²) in [5.41, 5.74) is 3.21. The van der Waals surface area contributed by atoms with E-state index in [1.54, 1.807) is 18.7 Å². The molecule has 0 saturated heterocycles. The van der Waals surface area contributed by atoms with Crippen molar-refractivity contribution in [3.05, 3.63) is 48.0 Å². The lowest BCUT2D eigenvalue weighted by molar-refractivity contribution is 0.101. The van der Waals surface area contributed by atoms with E-state index < -0.39 is 0 Å². The highest BCUT2D eigenvalue weighted by Crippen LogP contribution is 2.49. The number of hydrogen-bond donors (Lipinski definition) is 0. The molecule has 0 radical (unpaired) electrons. The van der Waals surface area contributed by atoms with Crippen molar-refractivity contribution in [1.29, 1.82) is 0 Å². The number of hydrogen-bond acceptors (Lipinski definition) is 3. The van der Waals surface area contributed by atoms with Crippen molar-refractivity contribution in [1.82, 2.24) is 0 Å². The molecule has 2 aromatic carbocycles. The summed E-state index contributed by atoms with van der Waals surface area (Å²) in [5, 5.41) is 0. The van der Waals surface area contributed by atoms with Gasteiger partial charge in [0.25, 0.3) is 0 Å². The van der Waals surface area contributed by atoms with Gasteiger partial charge < -0.3 is 4.90 Å². The summed E-state index contributed by atoms with van der Waals surface area (Å²) >= 11 is 1.74. The summed E-state index contributed by atoms with van der Waals surface area (Å²) in [6.45, 7) is 5.99. The van der Waals surface area contributed by atoms with Crippen molar-refractivity contribution in [2.75, 3.05) is 4.90 Å². The fraction of sp³-hybridized carbons (Fsp3) is 0.235. The molecule has 2 aromatic rings. The Balaban J connectivity index is 2.17. The molecule has 3 heteroatoms. The van der Waals surface area contributed by atoms with Gasteiger partial charge in [0.2, 0.25) is 0 Å². The third kappa shape index (κ3) is 2.12. The Labute approximate surface area is 123 Å². The third-order valence-electron chi connectivity index (χ3n) is 3.49. The van der Waals surface area contributed by atoms with E-state index in [9.17, 15) is 4.79 Å². The van der Waals surface area contributed by atoms with Crippen LogP contribution >= 0.6 is 11.8 Å². The second-order valence-electron chi connectivity index (χ2n) is 5.27. The maximum atomic E-state index is 11.6. The van der Waals surface area contributed by atoms with Crippen LogP contribution in [0.5, 0.6) is 0 Å². The minimum Gasteiger partial charge on any atom is -0.337 e. The molecule has 1 aliphatic rings. The Kier molecular flexibility index (Phi) is 3.30. The molecule has 3 rings (SSSR count). The van der Waals surface area contributed by atoms with Crippen LogP contribution in [-0.4, -0.2) is 11.8 Å². The summed E-state index contributed by atoms with van der Waals surface area (Å²) in [5.74, 6) is 0.114. The molecule has 102 valence electrons. The number of benzene rings is 2. The van der Waals surface area contributed by atoms with E-state index in [1.165, 1.54) is 16.3 Å². The average Bonchev–Trinajstić information content (AvgIpc) is 2.43. The van der Waals surface area contributed by atoms with Gasteiger partial charge in [-0.1, -0.05) is 23.9 Å². The molecule has 0 amide bonds. The van der Waals surface area contributed by atoms with Gasteiger partial charge in [0.15, 0.2) is 5.78 Å². The standard InChI is InChI=1S/C17H17NOS/c1-11(2)18-14-6-4-5-7-16(14)20-17-10-13(12(3)19)8-9-15(17)18/h4-11H,1-3H3. The van der Waals surface area contributed by atoms with Crippen LogP contribution < -0.4 is 4.90 Å². The minimum absolute atomic E-state index is 0.114. The lowest BCUT2D eigenvalue weighted by Gasteiger charge is -2.36. The zero-order valence-corrected chi connectivity index (χ0v) is 12.7. The van der Waals surface area contributed by atoms with E-state index in [0.717, 1.165) is 10.5 Å². The van der Waals surface area contributed by atoms with Crippen molar-refractivity contribution in [2.24, 2.45) is 0 Å². The van der Waals surface area contributed by atoms with Crippen LogP contribution in [0, 0.1) is 0 Å². The highest BCUT2D eigenvalue weighted by atomic mass is 32.2. The first-order valence-electron chi connectivity index (χ1n) is 6.79. The maximum absolute atomic E-state index is 11.6. The van der Waals surface area contributed by atoms with Crippen molar-refractivity contribution in [2.45, 2.75) is 36.6 Å². The number of carbonyl (C=O) groups excluding carboxylic acids is 1. The fourth-order valence-electron chi connectivity index (χ4n) is 2.56. The Bertz CT molecular complexity index is 678. The topological polar surface area (TPSA) is 20.3 Å². The number of Topliss-reactive ketones (excluding diaryl/α,β-unsaturated/α-hetero) is 1. The Hall–Kier alpha value is -1.74. The molecule has 0 N–H and O–H groups in total. The zero-order valence-electron chi connectivity index (χ0n) is 11.9. The van der Waals surface area contributed by atoms with Crippen LogP contribution in [0.2, 0.25) is 0 Å². The number of carbonyl (C=O) groups is 1. The van der Waals surface area contributed by atoms with Crippen LogP contribution in [0.15, 0.2) is 52.3 Å². The molecule has 0 unspecified atom stereocenters. The van der Waals surface area contributed by atoms with Crippen LogP contribution in [-0.2, 0) is 0 Å². The minimum atomic E-state index is 0.114. The van der Waals surface area contributed by atoms with E-state index in [1.807, 2.05) is 12.1 Å². The largest absolute Gasteiger partial charge is 0.337 e. The number of ketones is 1. The number of fused-ring (bicyclic) bond motifs is 2. The van der Waals surface area contributed by atoms with Gasteiger partial charge in [-0.3, -0.25) is 4.79 Å². The molecule has 0 saturated carbocycles. The Morgan fingerprint density at radius 1 is 1.05 bits per heavy atom. The first-order valence-corrected chi connectivity index (χ1v) is 7.60. The van der Waals surface area contributed by atoms with E-state index in [0.29, 0.717) is 6.04 Å². The monoisotopic (exact) mass is 283 g/mol. The van der Waals surface area contributed by atoms with E-state index in [4.69, 9.17) is 0 Å². The third-order valence-corrected chi connectivity index (χ3v) is 4.60. The highest BCUT2D eigenvalue weighted by Gasteiger charge is 2.25. The van der Waals surface area contributed by atoms with Crippen molar-refractivity contribution < 1.29 is 4.79 Å². The second kappa shape index (κ2) is 4.98. The summed E-state index contributed by atoms with van der Waals surface area (Å²) in [4.78, 5) is 16.3. The summed E-state index contributed by atoms with van der Waals surface area (Å²) < 4.78 is 0. The first-order chi connectivity index (χ1) is 9.58. The maximum Gasteiger partial charge on any atom is 0.159 e. The Morgan fingerprint density at radius 3 is 2.45 bits per heavy atom. The van der Waals surface area contributed by atoms with Gasteiger partial charge >= 0.3 is 0 Å². The summed E-state index contributed by atoms with van der Waals surface area (Å²) in [6, 6.07) is 14.8. The average molecular weight is 283 g/mol. The number of rotatable bonds is 2. The molecule has 0 aromatic heterocycles. The van der Waals surface area contributed by atoms with Crippen molar-refractivity contribution >= 4 is 28.9 Å². The number of nitrogens with zero attached hydrogens (tertiary/aromatic N) is 1. The van der Waals surface area contributed by atoms with Crippen molar-refractivity contribution in [3.8, 4) is 0 Å². The van der Waals surface area contributed by atoms with Gasteiger partial charge in [-0.05, 0) is 51.1 Å². The molecule has 0 spiro atoms. The van der Waals surface area contributed by atoms with E-state index in [-0.39, 0.29) is 5.78 Å². The van der Waals surface area contributed by atoms with E-state index in [2.05, 4.69) is 49.1 Å². The molecule has 0 fully saturated rings. The molecule has 2 nitrogen and oxygen atoms in total. The second-order valence-corrected chi connectivity index (χ2v) is 6.36. The van der Waals surface area contributed by atoms with Crippen LogP contribution in [0.1, 0.15) is 31.1 Å². The van der Waals surface area contributed by atoms with Gasteiger partial charge in [-0.25, -0.2) is 0 Å². The normalized spacial score (nSPS) is 13.1. The highest BCUT2D eigenvalue weighted by molar-refractivity contribution is 7.99. The van der Waals surface area contributed by atoms with Gasteiger partial charge in [0.05, 0.1) is 11.4 Å². The predicted octanol–water partition coefficient (Wildman–Crippen LogP) is 4.90. The SMILES string of the molecule is CC(=O)c1ccc2c(c1)Sc1ccccc1N2C(C)C. The smallest absolute Gasteiger partial charge is 0.159 e. The van der Waals surface area contributed by atoms with Gasteiger partial charge in [-0.2, -0.15) is 0 Å². The van der Waals surface area contributed by atoms with Crippen LogP contribution in [0.3, 0.4) is 0 Å². The van der Waals surface area contributed by atoms with E-state index >= 15 is 0 Å². The van der Waals surface area contributed by atoms with Crippen LogP contribution in [0.4, 0.5) is 11.4 Å². The molecule has 0 bridgehead atoms. The zero-order chi connectivity index (χ0) is 14.3. The fourth-order valence-corrected chi connectivity index (χ4v) is 3.67. The van der Waals surface area contributed by atoms with Crippen molar-refractivity contribution in [3.63, 3.8) is 0 Å². The van der Waals surface area contributed by atoms with Crippen LogP contribution in [0.25, 0.3) is 0 Å². The predicted molar refractivity (Wildman–Crippen MR) is 84.3 cm³/mol. The Morgan fingerprint density at radius 2 is 1.75 bits per heavy atom. The molecular weight excluding hydrogens is 266 g/mol. The number of anilines is 2. The first kappa shape index (κ1) is 13.3. The van der Waals surface area contributed by atoms with Gasteiger partial charge in [0.1, 0.15) is 0 Å².